The first-order chi connectivity index (χ1) is 14.1. The van der Waals surface area contributed by atoms with Gasteiger partial charge >= 0.3 is 0 Å². The highest BCUT2D eigenvalue weighted by Crippen LogP contribution is 2.19. The monoisotopic (exact) mass is 390 g/mol. The molecule has 0 aliphatic heterocycles. The summed E-state index contributed by atoms with van der Waals surface area (Å²) in [4.78, 5) is 29.9. The maximum Gasteiger partial charge on any atom is 0.234 e. The molecule has 1 aromatic carbocycles. The van der Waals surface area contributed by atoms with Crippen LogP contribution in [-0.2, 0) is 6.54 Å². The van der Waals surface area contributed by atoms with Crippen LogP contribution >= 0.6 is 0 Å². The summed E-state index contributed by atoms with van der Waals surface area (Å²) in [6, 6.07) is 11.6. The Hall–Kier alpha value is -3.02. The van der Waals surface area contributed by atoms with Crippen molar-refractivity contribution in [3.05, 3.63) is 70.1 Å². The molecule has 6 nitrogen and oxygen atoms in total. The van der Waals surface area contributed by atoms with Crippen molar-refractivity contribution in [3.8, 4) is 0 Å². The van der Waals surface area contributed by atoms with E-state index in [1.165, 1.54) is 25.5 Å². The van der Waals surface area contributed by atoms with E-state index in [1.807, 2.05) is 43.5 Å². The maximum absolute atomic E-state index is 13.0. The van der Waals surface area contributed by atoms with Crippen LogP contribution in [0.5, 0.6) is 0 Å². The van der Waals surface area contributed by atoms with E-state index in [9.17, 15) is 9.59 Å². The fourth-order valence-corrected chi connectivity index (χ4v) is 3.96. The van der Waals surface area contributed by atoms with Gasteiger partial charge in [0.15, 0.2) is 0 Å². The molecule has 150 valence electrons. The van der Waals surface area contributed by atoms with Crippen molar-refractivity contribution in [2.24, 2.45) is 4.99 Å². The highest BCUT2D eigenvalue weighted by molar-refractivity contribution is 5.80. The zero-order chi connectivity index (χ0) is 20.2. The molecule has 0 radical (unpaired) electrons. The van der Waals surface area contributed by atoms with E-state index in [4.69, 9.17) is 4.99 Å². The van der Waals surface area contributed by atoms with Crippen LogP contribution in [0.3, 0.4) is 0 Å². The molecule has 0 saturated heterocycles. The Morgan fingerprint density at radius 2 is 1.97 bits per heavy atom. The van der Waals surface area contributed by atoms with Crippen molar-refractivity contribution in [1.82, 2.24) is 14.3 Å². The number of aromatic nitrogens is 3. The number of hydrogen-bond donors (Lipinski definition) is 0. The minimum absolute atomic E-state index is 0.0239. The predicted octanol–water partition coefficient (Wildman–Crippen LogP) is 3.47. The van der Waals surface area contributed by atoms with E-state index >= 15 is 0 Å². The largest absolute Gasteiger partial charge is 0.287 e. The smallest absolute Gasteiger partial charge is 0.234 e. The molecule has 0 amide bonds. The topological polar surface area (TPSA) is 69.2 Å². The Bertz CT molecular complexity index is 1150. The molecule has 0 spiro atoms. The van der Waals surface area contributed by atoms with Crippen LogP contribution in [0.15, 0.2) is 58.6 Å². The Balaban J connectivity index is 1.59. The summed E-state index contributed by atoms with van der Waals surface area (Å²) in [6.07, 6.45) is 9.29. The molecule has 4 rings (SSSR count). The van der Waals surface area contributed by atoms with Crippen LogP contribution in [0, 0.1) is 6.92 Å². The van der Waals surface area contributed by atoms with Crippen molar-refractivity contribution in [2.75, 3.05) is 0 Å². The number of benzene rings is 1. The first-order valence-corrected chi connectivity index (χ1v) is 10.3. The molecule has 0 N–H and O–H groups in total. The molecule has 6 heteroatoms. The predicted molar refractivity (Wildman–Crippen MR) is 113 cm³/mol. The first kappa shape index (κ1) is 19.3. The Morgan fingerprint density at radius 1 is 1.17 bits per heavy atom. The lowest BCUT2D eigenvalue weighted by atomic mass is 9.96. The second-order valence-electron chi connectivity index (χ2n) is 7.75. The molecule has 1 aliphatic carbocycles. The molecule has 0 unspecified atom stereocenters. The van der Waals surface area contributed by atoms with E-state index < -0.39 is 0 Å². The molecule has 3 aromatic rings. The summed E-state index contributed by atoms with van der Waals surface area (Å²) in [7, 11) is 0. The summed E-state index contributed by atoms with van der Waals surface area (Å²) in [5.41, 5.74) is 2.47. The lowest BCUT2D eigenvalue weighted by molar-refractivity contribution is 0.0889. The number of rotatable bonds is 4. The molecule has 1 fully saturated rings. The maximum atomic E-state index is 13.0. The highest BCUT2D eigenvalue weighted by Gasteiger charge is 2.13. The van der Waals surface area contributed by atoms with E-state index in [2.05, 4.69) is 5.10 Å². The quantitative estimate of drug-likeness (QED) is 0.685. The van der Waals surface area contributed by atoms with E-state index in [0.717, 1.165) is 29.4 Å². The molecule has 1 aliphatic rings. The van der Waals surface area contributed by atoms with Gasteiger partial charge in [0.2, 0.25) is 11.3 Å². The molecule has 0 atom stereocenters. The Morgan fingerprint density at radius 3 is 2.79 bits per heavy atom. The molecular weight excluding hydrogens is 364 g/mol. The molecule has 0 bridgehead atoms. The van der Waals surface area contributed by atoms with Gasteiger partial charge in [-0.1, -0.05) is 31.4 Å². The highest BCUT2D eigenvalue weighted by atomic mass is 16.2. The average Bonchev–Trinajstić information content (AvgIpc) is 2.74. The summed E-state index contributed by atoms with van der Waals surface area (Å²) < 4.78 is 3.38. The second-order valence-corrected chi connectivity index (χ2v) is 7.75. The molecule has 2 aromatic heterocycles. The van der Waals surface area contributed by atoms with E-state index in [1.54, 1.807) is 15.3 Å². The van der Waals surface area contributed by atoms with Crippen molar-refractivity contribution >= 4 is 16.8 Å². The molecular formula is C23H26N4O2. The molecule has 1 saturated carbocycles. The zero-order valence-corrected chi connectivity index (χ0v) is 16.8. The number of carbonyl (C=O) groups is 1. The van der Waals surface area contributed by atoms with Crippen molar-refractivity contribution in [2.45, 2.75) is 58.0 Å². The minimum atomic E-state index is -0.107. The summed E-state index contributed by atoms with van der Waals surface area (Å²) in [5.74, 6) is -0.0239. The summed E-state index contributed by atoms with van der Waals surface area (Å²) >= 11 is 0. The van der Waals surface area contributed by atoms with Gasteiger partial charge in [0.25, 0.3) is 0 Å². The van der Waals surface area contributed by atoms with Gasteiger partial charge in [-0.05, 0) is 49.6 Å². The van der Waals surface area contributed by atoms with Crippen molar-refractivity contribution in [3.63, 3.8) is 0 Å². The third-order valence-electron chi connectivity index (χ3n) is 5.55. The normalized spacial score (nSPS) is 15.7. The SMILES string of the molecule is Cc1ccn(C(=O)CCn2ncc(=O)c3ccccc32)c(=NC2CCCCC2)c1. The summed E-state index contributed by atoms with van der Waals surface area (Å²) in [6.45, 7) is 2.43. The fourth-order valence-electron chi connectivity index (χ4n) is 3.96. The standard InChI is InChI=1S/C23H26N4O2/c1-17-11-13-26(22(15-17)25-18-7-3-2-4-8-18)23(29)12-14-27-20-10-6-5-9-19(20)21(28)16-24-27/h5-6,9-11,13,15-16,18H,2-4,7-8,12,14H2,1H3. The van der Waals surface area contributed by atoms with E-state index in [0.29, 0.717) is 18.0 Å². The second kappa shape index (κ2) is 8.55. The fraction of sp³-hybridized carbons (Fsp3) is 0.391. The van der Waals surface area contributed by atoms with Crippen LogP contribution < -0.4 is 10.9 Å². The van der Waals surface area contributed by atoms with Crippen LogP contribution in [0.1, 0.15) is 48.9 Å². The van der Waals surface area contributed by atoms with Gasteiger partial charge in [0.05, 0.1) is 24.3 Å². The number of carbonyl (C=O) groups excluding carboxylic acids is 1. The van der Waals surface area contributed by atoms with Gasteiger partial charge in [0, 0.05) is 18.0 Å². The minimum Gasteiger partial charge on any atom is -0.287 e. The van der Waals surface area contributed by atoms with Crippen LogP contribution in [-0.4, -0.2) is 26.3 Å². The summed E-state index contributed by atoms with van der Waals surface area (Å²) in [5, 5.41) is 4.84. The number of hydrogen-bond acceptors (Lipinski definition) is 4. The van der Waals surface area contributed by atoms with Crippen molar-refractivity contribution < 1.29 is 4.79 Å². The molecule has 29 heavy (non-hydrogen) atoms. The van der Waals surface area contributed by atoms with Crippen LogP contribution in [0.25, 0.3) is 10.9 Å². The lowest BCUT2D eigenvalue weighted by Gasteiger charge is -2.18. The first-order valence-electron chi connectivity index (χ1n) is 10.3. The van der Waals surface area contributed by atoms with Gasteiger partial charge in [-0.25, -0.2) is 0 Å². The Labute approximate surface area is 169 Å². The van der Waals surface area contributed by atoms with E-state index in [-0.39, 0.29) is 17.8 Å². The van der Waals surface area contributed by atoms with Gasteiger partial charge in [-0.3, -0.25) is 23.8 Å². The van der Waals surface area contributed by atoms with Crippen LogP contribution in [0.4, 0.5) is 0 Å². The lowest BCUT2D eigenvalue weighted by Crippen LogP contribution is -2.30. The number of aryl methyl sites for hydroxylation is 2. The van der Waals surface area contributed by atoms with Gasteiger partial charge < -0.3 is 0 Å². The Kier molecular flexibility index (Phi) is 5.69. The number of para-hydroxylation sites is 1. The van der Waals surface area contributed by atoms with Gasteiger partial charge in [-0.2, -0.15) is 5.10 Å². The number of fused-ring (bicyclic) bond motifs is 1. The zero-order valence-electron chi connectivity index (χ0n) is 16.8. The number of pyridine rings is 1. The van der Waals surface area contributed by atoms with Crippen molar-refractivity contribution in [1.29, 1.82) is 0 Å². The molecule has 2 heterocycles. The average molecular weight is 390 g/mol. The van der Waals surface area contributed by atoms with Gasteiger partial charge in [0.1, 0.15) is 5.49 Å². The van der Waals surface area contributed by atoms with Crippen LogP contribution in [0.2, 0.25) is 0 Å². The third kappa shape index (κ3) is 4.36. The number of nitrogens with zero attached hydrogens (tertiary/aromatic N) is 4. The third-order valence-corrected chi connectivity index (χ3v) is 5.55. The van der Waals surface area contributed by atoms with Gasteiger partial charge in [-0.15, -0.1) is 0 Å².